The Bertz CT molecular complexity index is 971. The smallest absolute Gasteiger partial charge is 0.137 e. The van der Waals surface area contributed by atoms with E-state index in [-0.39, 0.29) is 5.82 Å². The van der Waals surface area contributed by atoms with Crippen LogP contribution in [0.3, 0.4) is 0 Å². The monoisotopic (exact) mass is 356 g/mol. The summed E-state index contributed by atoms with van der Waals surface area (Å²) in [7, 11) is 0. The average Bonchev–Trinajstić information content (AvgIpc) is 2.89. The average molecular weight is 357 g/mol. The van der Waals surface area contributed by atoms with Crippen LogP contribution in [0.4, 0.5) is 4.39 Å². The Hall–Kier alpha value is -1.71. The first kappa shape index (κ1) is 13.0. The number of hydrogen-bond donors (Lipinski definition) is 0. The minimum absolute atomic E-state index is 0.234. The third kappa shape index (κ3) is 2.08. The zero-order chi connectivity index (χ0) is 14.4. The molecule has 0 spiro atoms. The van der Waals surface area contributed by atoms with Gasteiger partial charge in [0.2, 0.25) is 0 Å². The zero-order valence-electron chi connectivity index (χ0n) is 10.9. The van der Waals surface area contributed by atoms with E-state index in [4.69, 9.17) is 0 Å². The van der Waals surface area contributed by atoms with Crippen molar-refractivity contribution in [3.8, 4) is 11.1 Å². The minimum atomic E-state index is -0.234. The fourth-order valence-corrected chi connectivity index (χ4v) is 4.26. The number of benzene rings is 3. The molecule has 0 nitrogen and oxygen atoms in total. The fraction of sp³-hybridized carbons (Fsp3) is 0. The molecule has 3 aromatic carbocycles. The lowest BCUT2D eigenvalue weighted by Gasteiger charge is -2.05. The number of halogens is 2. The Balaban J connectivity index is 2.06. The molecule has 21 heavy (non-hydrogen) atoms. The van der Waals surface area contributed by atoms with Gasteiger partial charge in [-0.1, -0.05) is 42.5 Å². The van der Waals surface area contributed by atoms with Gasteiger partial charge in [-0.3, -0.25) is 0 Å². The molecule has 0 aliphatic rings. The lowest BCUT2D eigenvalue weighted by Crippen LogP contribution is -1.81. The maximum absolute atomic E-state index is 13.5. The number of thiophene rings is 1. The molecule has 0 radical (unpaired) electrons. The highest BCUT2D eigenvalue weighted by atomic mass is 79.9. The Morgan fingerprint density at radius 3 is 2.52 bits per heavy atom. The van der Waals surface area contributed by atoms with Gasteiger partial charge < -0.3 is 0 Å². The molecule has 0 aliphatic heterocycles. The van der Waals surface area contributed by atoms with E-state index in [1.54, 1.807) is 11.3 Å². The van der Waals surface area contributed by atoms with Crippen molar-refractivity contribution in [1.29, 1.82) is 0 Å². The van der Waals surface area contributed by atoms with Crippen LogP contribution in [-0.2, 0) is 0 Å². The summed E-state index contributed by atoms with van der Waals surface area (Å²) >= 11 is 5.05. The van der Waals surface area contributed by atoms with E-state index in [1.165, 1.54) is 26.2 Å². The van der Waals surface area contributed by atoms with E-state index in [2.05, 4.69) is 58.4 Å². The molecule has 0 saturated carbocycles. The van der Waals surface area contributed by atoms with Crippen molar-refractivity contribution in [3.63, 3.8) is 0 Å². The first-order valence-corrected chi connectivity index (χ1v) is 8.21. The molecular formula is C18H10BrFS. The summed E-state index contributed by atoms with van der Waals surface area (Å²) in [5.41, 5.74) is 2.18. The number of fused-ring (bicyclic) bond motifs is 3. The van der Waals surface area contributed by atoms with E-state index in [0.717, 1.165) is 11.1 Å². The Labute approximate surface area is 134 Å². The molecule has 0 fully saturated rings. The van der Waals surface area contributed by atoms with Crippen molar-refractivity contribution >= 4 is 47.4 Å². The maximum atomic E-state index is 13.5. The minimum Gasteiger partial charge on any atom is -0.206 e. The first-order valence-electron chi connectivity index (χ1n) is 6.60. The fourth-order valence-electron chi connectivity index (χ4n) is 2.64. The van der Waals surface area contributed by atoms with Crippen LogP contribution in [-0.4, -0.2) is 0 Å². The number of rotatable bonds is 1. The Kier molecular flexibility index (Phi) is 3.05. The summed E-state index contributed by atoms with van der Waals surface area (Å²) in [5.74, 6) is -0.234. The second-order valence-corrected chi connectivity index (χ2v) is 6.82. The highest BCUT2D eigenvalue weighted by molar-refractivity contribution is 9.10. The summed E-state index contributed by atoms with van der Waals surface area (Å²) in [6, 6.07) is 19.9. The largest absolute Gasteiger partial charge is 0.206 e. The molecule has 4 rings (SSSR count). The second-order valence-electron chi connectivity index (χ2n) is 4.91. The van der Waals surface area contributed by atoms with Crippen LogP contribution in [0.25, 0.3) is 31.3 Å². The van der Waals surface area contributed by atoms with Gasteiger partial charge in [-0.25, -0.2) is 4.39 Å². The highest BCUT2D eigenvalue weighted by Gasteiger charge is 2.10. The van der Waals surface area contributed by atoms with E-state index >= 15 is 0 Å². The second kappa shape index (κ2) is 4.93. The molecule has 1 aromatic heterocycles. The normalized spacial score (nSPS) is 11.3. The maximum Gasteiger partial charge on any atom is 0.137 e. The van der Waals surface area contributed by atoms with Crippen molar-refractivity contribution in [2.24, 2.45) is 0 Å². The van der Waals surface area contributed by atoms with Gasteiger partial charge in [0.15, 0.2) is 0 Å². The summed E-state index contributed by atoms with van der Waals surface area (Å²) in [6.07, 6.45) is 0. The molecule has 0 aliphatic carbocycles. The van der Waals surface area contributed by atoms with Gasteiger partial charge in [-0.2, -0.15) is 0 Å². The topological polar surface area (TPSA) is 0 Å². The third-order valence-electron chi connectivity index (χ3n) is 3.63. The van der Waals surface area contributed by atoms with E-state index in [1.807, 2.05) is 12.1 Å². The van der Waals surface area contributed by atoms with Crippen LogP contribution in [0.15, 0.2) is 65.1 Å². The molecule has 102 valence electrons. The molecule has 3 heteroatoms. The standard InChI is InChI=1S/C18H10BrFS/c19-15-10-11(8-9-16(15)20)12-5-3-6-14-13-4-1-2-7-17(13)21-18(12)14/h1-10H. The molecule has 4 aromatic rings. The molecule has 1 heterocycles. The number of hydrogen-bond acceptors (Lipinski definition) is 1. The predicted octanol–water partition coefficient (Wildman–Crippen LogP) is 6.62. The zero-order valence-corrected chi connectivity index (χ0v) is 13.3. The summed E-state index contributed by atoms with van der Waals surface area (Å²) < 4.78 is 16.5. The van der Waals surface area contributed by atoms with Crippen LogP contribution in [0.5, 0.6) is 0 Å². The molecular weight excluding hydrogens is 347 g/mol. The van der Waals surface area contributed by atoms with Gasteiger partial charge in [0.25, 0.3) is 0 Å². The SMILES string of the molecule is Fc1ccc(-c2cccc3c2sc2ccccc23)cc1Br. The summed E-state index contributed by atoms with van der Waals surface area (Å²) in [6.45, 7) is 0. The predicted molar refractivity (Wildman–Crippen MR) is 92.4 cm³/mol. The first-order chi connectivity index (χ1) is 10.2. The van der Waals surface area contributed by atoms with Crippen molar-refractivity contribution in [2.45, 2.75) is 0 Å². The van der Waals surface area contributed by atoms with Gasteiger partial charge in [0.1, 0.15) is 5.82 Å². The lowest BCUT2D eigenvalue weighted by molar-refractivity contribution is 0.621. The van der Waals surface area contributed by atoms with Gasteiger partial charge in [0, 0.05) is 20.2 Å². The Morgan fingerprint density at radius 2 is 1.67 bits per heavy atom. The van der Waals surface area contributed by atoms with E-state index < -0.39 is 0 Å². The molecule has 0 saturated heterocycles. The molecule has 0 N–H and O–H groups in total. The molecule has 0 amide bonds. The van der Waals surface area contributed by atoms with Crippen molar-refractivity contribution in [1.82, 2.24) is 0 Å². The van der Waals surface area contributed by atoms with Gasteiger partial charge >= 0.3 is 0 Å². The van der Waals surface area contributed by atoms with E-state index in [0.29, 0.717) is 4.47 Å². The molecule has 0 atom stereocenters. The van der Waals surface area contributed by atoms with Gasteiger partial charge in [-0.05, 0) is 45.3 Å². The van der Waals surface area contributed by atoms with Gasteiger partial charge in [-0.15, -0.1) is 11.3 Å². The van der Waals surface area contributed by atoms with Crippen LogP contribution in [0.1, 0.15) is 0 Å². The van der Waals surface area contributed by atoms with Crippen LogP contribution in [0, 0.1) is 5.82 Å². The van der Waals surface area contributed by atoms with E-state index in [9.17, 15) is 4.39 Å². The van der Waals surface area contributed by atoms with Crippen LogP contribution >= 0.6 is 27.3 Å². The Morgan fingerprint density at radius 1 is 0.857 bits per heavy atom. The quantitative estimate of drug-likeness (QED) is 0.359. The molecule has 0 bridgehead atoms. The summed E-state index contributed by atoms with van der Waals surface area (Å²) in [5, 5.41) is 2.54. The van der Waals surface area contributed by atoms with Crippen molar-refractivity contribution < 1.29 is 4.39 Å². The highest BCUT2D eigenvalue weighted by Crippen LogP contribution is 2.40. The third-order valence-corrected chi connectivity index (χ3v) is 5.46. The van der Waals surface area contributed by atoms with Crippen LogP contribution in [0.2, 0.25) is 0 Å². The van der Waals surface area contributed by atoms with Crippen LogP contribution < -0.4 is 0 Å². The van der Waals surface area contributed by atoms with Crippen molar-refractivity contribution in [2.75, 3.05) is 0 Å². The summed E-state index contributed by atoms with van der Waals surface area (Å²) in [4.78, 5) is 0. The lowest BCUT2D eigenvalue weighted by atomic mass is 10.0. The molecule has 0 unspecified atom stereocenters. The van der Waals surface area contributed by atoms with Crippen molar-refractivity contribution in [3.05, 3.63) is 71.0 Å². The van der Waals surface area contributed by atoms with Gasteiger partial charge in [0.05, 0.1) is 4.47 Å².